The third-order valence-corrected chi connectivity index (χ3v) is 3.79. The summed E-state index contributed by atoms with van der Waals surface area (Å²) >= 11 is 0. The van der Waals surface area contributed by atoms with Crippen molar-refractivity contribution < 1.29 is 8.42 Å². The third kappa shape index (κ3) is 4.32. The van der Waals surface area contributed by atoms with E-state index in [1.807, 2.05) is 13.0 Å². The molecule has 0 saturated heterocycles. The quantitative estimate of drug-likeness (QED) is 0.791. The van der Waals surface area contributed by atoms with Crippen molar-refractivity contribution in [1.29, 1.82) is 0 Å². The molecule has 17 heavy (non-hydrogen) atoms. The second kappa shape index (κ2) is 5.01. The second-order valence-corrected chi connectivity index (χ2v) is 6.16. The van der Waals surface area contributed by atoms with Crippen LogP contribution in [-0.4, -0.2) is 31.7 Å². The highest BCUT2D eigenvalue weighted by Crippen LogP contribution is 2.18. The molecule has 2 N–H and O–H groups in total. The van der Waals surface area contributed by atoms with E-state index in [-0.39, 0.29) is 5.75 Å². The largest absolute Gasteiger partial charge is 0.313 e. The van der Waals surface area contributed by atoms with Crippen LogP contribution in [0.15, 0.2) is 18.2 Å². The van der Waals surface area contributed by atoms with Crippen LogP contribution in [0.5, 0.6) is 0 Å². The Morgan fingerprint density at radius 2 is 2.18 bits per heavy atom. The fraction of sp³-hybridized carbons (Fsp3) is 0.545. The first-order valence-electron chi connectivity index (χ1n) is 5.73. The van der Waals surface area contributed by atoms with E-state index in [9.17, 15) is 8.42 Å². The molecule has 1 aliphatic carbocycles. The van der Waals surface area contributed by atoms with Gasteiger partial charge in [-0.05, 0) is 31.9 Å². The lowest BCUT2D eigenvalue weighted by Crippen LogP contribution is -2.28. The maximum atomic E-state index is 11.7. The highest BCUT2D eigenvalue weighted by molar-refractivity contribution is 7.92. The molecule has 5 nitrogen and oxygen atoms in total. The lowest BCUT2D eigenvalue weighted by molar-refractivity contribution is 0.595. The Bertz CT molecular complexity index is 483. The molecule has 0 amide bonds. The fourth-order valence-electron chi connectivity index (χ4n) is 1.50. The molecule has 0 atom stereocenters. The predicted molar refractivity (Wildman–Crippen MR) is 67.4 cm³/mol. The number of nitrogens with one attached hydrogen (secondary N) is 2. The van der Waals surface area contributed by atoms with E-state index in [0.29, 0.717) is 18.4 Å². The van der Waals surface area contributed by atoms with Crippen molar-refractivity contribution in [2.75, 3.05) is 17.0 Å². The first-order valence-corrected chi connectivity index (χ1v) is 7.38. The Morgan fingerprint density at radius 1 is 1.41 bits per heavy atom. The van der Waals surface area contributed by atoms with Gasteiger partial charge in [0.2, 0.25) is 10.0 Å². The Labute approximate surface area is 102 Å². The van der Waals surface area contributed by atoms with Crippen molar-refractivity contribution in [2.45, 2.75) is 25.8 Å². The molecule has 0 aliphatic heterocycles. The van der Waals surface area contributed by atoms with Crippen LogP contribution in [0.25, 0.3) is 0 Å². The minimum atomic E-state index is -3.29. The van der Waals surface area contributed by atoms with Crippen LogP contribution in [0.1, 0.15) is 18.5 Å². The van der Waals surface area contributed by atoms with Crippen LogP contribution < -0.4 is 10.0 Å². The number of hydrogen-bond donors (Lipinski definition) is 2. The maximum absolute atomic E-state index is 11.7. The average Bonchev–Trinajstić information content (AvgIpc) is 3.00. The number of sulfonamides is 1. The molecular formula is C11H17N3O2S. The fourth-order valence-corrected chi connectivity index (χ4v) is 2.42. The lowest BCUT2D eigenvalue weighted by atomic mass is 10.4. The third-order valence-electron chi connectivity index (χ3n) is 2.53. The molecular weight excluding hydrogens is 238 g/mol. The number of aryl methyl sites for hydroxylation is 1. The van der Waals surface area contributed by atoms with Gasteiger partial charge in [-0.1, -0.05) is 6.07 Å². The average molecular weight is 255 g/mol. The summed E-state index contributed by atoms with van der Waals surface area (Å²) in [6, 6.07) is 5.79. The van der Waals surface area contributed by atoms with Gasteiger partial charge in [-0.15, -0.1) is 0 Å². The monoisotopic (exact) mass is 255 g/mol. The molecule has 1 aromatic heterocycles. The van der Waals surface area contributed by atoms with E-state index in [4.69, 9.17) is 0 Å². The van der Waals surface area contributed by atoms with Gasteiger partial charge in [0.05, 0.1) is 5.75 Å². The summed E-state index contributed by atoms with van der Waals surface area (Å²) in [4.78, 5) is 4.10. The van der Waals surface area contributed by atoms with Crippen molar-refractivity contribution in [1.82, 2.24) is 10.3 Å². The lowest BCUT2D eigenvalue weighted by Gasteiger charge is -2.08. The van der Waals surface area contributed by atoms with Crippen LogP contribution >= 0.6 is 0 Å². The molecule has 0 bridgehead atoms. The highest BCUT2D eigenvalue weighted by atomic mass is 32.2. The number of nitrogens with zero attached hydrogens (tertiary/aromatic N) is 1. The molecule has 6 heteroatoms. The van der Waals surface area contributed by atoms with Crippen molar-refractivity contribution in [3.8, 4) is 0 Å². The summed E-state index contributed by atoms with van der Waals surface area (Å²) in [7, 11) is -3.29. The summed E-state index contributed by atoms with van der Waals surface area (Å²) in [5.74, 6) is 0.468. The van der Waals surface area contributed by atoms with Crippen molar-refractivity contribution >= 4 is 15.8 Å². The SMILES string of the molecule is Cc1cccc(NS(=O)(=O)CCNC2CC2)n1. The Hall–Kier alpha value is -1.14. The van der Waals surface area contributed by atoms with Gasteiger partial charge in [-0.25, -0.2) is 13.4 Å². The Kier molecular flexibility index (Phi) is 3.63. The number of anilines is 1. The number of pyridine rings is 1. The van der Waals surface area contributed by atoms with Gasteiger partial charge in [-0.3, -0.25) is 4.72 Å². The van der Waals surface area contributed by atoms with Crippen LogP contribution in [0.4, 0.5) is 5.82 Å². The van der Waals surface area contributed by atoms with E-state index >= 15 is 0 Å². The molecule has 1 heterocycles. The minimum absolute atomic E-state index is 0.0825. The second-order valence-electron chi connectivity index (χ2n) is 4.31. The molecule has 1 saturated carbocycles. The van der Waals surface area contributed by atoms with Crippen LogP contribution in [-0.2, 0) is 10.0 Å². The highest BCUT2D eigenvalue weighted by Gasteiger charge is 2.21. The standard InChI is InChI=1S/C11H17N3O2S/c1-9-3-2-4-11(13-9)14-17(15,16)8-7-12-10-5-6-10/h2-4,10,12H,5-8H2,1H3,(H,13,14). The van der Waals surface area contributed by atoms with E-state index in [1.54, 1.807) is 12.1 Å². The summed E-state index contributed by atoms with van der Waals surface area (Å²) < 4.78 is 25.9. The first kappa shape index (κ1) is 12.3. The summed E-state index contributed by atoms with van der Waals surface area (Å²) in [5.41, 5.74) is 0.793. The number of rotatable bonds is 6. The molecule has 0 radical (unpaired) electrons. The molecule has 94 valence electrons. The molecule has 0 aromatic carbocycles. The van der Waals surface area contributed by atoms with Gasteiger partial charge >= 0.3 is 0 Å². The van der Waals surface area contributed by atoms with Crippen LogP contribution in [0.3, 0.4) is 0 Å². The normalized spacial score (nSPS) is 15.8. The summed E-state index contributed by atoms with van der Waals surface area (Å²) in [5, 5.41) is 3.17. The molecule has 2 rings (SSSR count). The molecule has 1 aliphatic rings. The molecule has 0 unspecified atom stereocenters. The zero-order chi connectivity index (χ0) is 12.3. The van der Waals surface area contributed by atoms with Crippen molar-refractivity contribution in [2.24, 2.45) is 0 Å². The molecule has 1 aromatic rings. The first-order chi connectivity index (χ1) is 8.05. The van der Waals surface area contributed by atoms with Gasteiger partial charge in [0, 0.05) is 18.3 Å². The molecule has 0 spiro atoms. The summed E-state index contributed by atoms with van der Waals surface area (Å²) in [6.07, 6.45) is 2.32. The Balaban J connectivity index is 1.86. The van der Waals surface area contributed by atoms with Gasteiger partial charge < -0.3 is 5.32 Å². The number of aromatic nitrogens is 1. The Morgan fingerprint density at radius 3 is 2.82 bits per heavy atom. The topological polar surface area (TPSA) is 71.1 Å². The molecule has 1 fully saturated rings. The predicted octanol–water partition coefficient (Wildman–Crippen LogP) is 0.884. The number of hydrogen-bond acceptors (Lipinski definition) is 4. The van der Waals surface area contributed by atoms with Gasteiger partial charge in [0.25, 0.3) is 0 Å². The van der Waals surface area contributed by atoms with Crippen molar-refractivity contribution in [3.63, 3.8) is 0 Å². The summed E-state index contributed by atoms with van der Waals surface area (Å²) in [6.45, 7) is 2.32. The zero-order valence-electron chi connectivity index (χ0n) is 9.81. The minimum Gasteiger partial charge on any atom is -0.313 e. The van der Waals surface area contributed by atoms with Crippen molar-refractivity contribution in [3.05, 3.63) is 23.9 Å². The van der Waals surface area contributed by atoms with E-state index in [1.165, 1.54) is 0 Å². The van der Waals surface area contributed by atoms with E-state index < -0.39 is 10.0 Å². The smallest absolute Gasteiger partial charge is 0.235 e. The van der Waals surface area contributed by atoms with E-state index in [0.717, 1.165) is 18.5 Å². The van der Waals surface area contributed by atoms with Gasteiger partial charge in [-0.2, -0.15) is 0 Å². The van der Waals surface area contributed by atoms with Gasteiger partial charge in [0.1, 0.15) is 5.82 Å². The van der Waals surface area contributed by atoms with Crippen LogP contribution in [0.2, 0.25) is 0 Å². The van der Waals surface area contributed by atoms with Gasteiger partial charge in [0.15, 0.2) is 0 Å². The maximum Gasteiger partial charge on any atom is 0.235 e. The van der Waals surface area contributed by atoms with Crippen LogP contribution in [0, 0.1) is 6.92 Å². The zero-order valence-corrected chi connectivity index (χ0v) is 10.6. The van der Waals surface area contributed by atoms with E-state index in [2.05, 4.69) is 15.0 Å².